The number of fused-ring (bicyclic) bond motifs is 1. The van der Waals surface area contributed by atoms with Crippen molar-refractivity contribution in [1.82, 2.24) is 9.97 Å². The first-order chi connectivity index (χ1) is 10.1. The second-order valence-corrected chi connectivity index (χ2v) is 5.40. The lowest BCUT2D eigenvalue weighted by Crippen LogP contribution is -1.95. The third kappa shape index (κ3) is 2.57. The number of nitrogens with zero attached hydrogens (tertiary/aromatic N) is 2. The SMILES string of the molecule is COc1cc(C)c2nc(-c3ccc(C)cc3)nc(Cl)c2c1. The monoisotopic (exact) mass is 298 g/mol. The van der Waals surface area contributed by atoms with Crippen LogP contribution in [0.1, 0.15) is 11.1 Å². The van der Waals surface area contributed by atoms with Crippen LogP contribution in [0.25, 0.3) is 22.3 Å². The number of methoxy groups -OCH3 is 1. The second-order valence-electron chi connectivity index (χ2n) is 5.04. The summed E-state index contributed by atoms with van der Waals surface area (Å²) in [6.07, 6.45) is 0. The Morgan fingerprint density at radius 2 is 1.71 bits per heavy atom. The third-order valence-electron chi connectivity index (χ3n) is 3.46. The normalized spacial score (nSPS) is 10.9. The van der Waals surface area contributed by atoms with Crippen LogP contribution in [-0.2, 0) is 0 Å². The molecular weight excluding hydrogens is 284 g/mol. The number of halogens is 1. The number of rotatable bonds is 2. The standard InChI is InChI=1S/C17H15ClN2O/c1-10-4-6-12(7-5-10)17-19-15-11(2)8-13(21-3)9-14(15)16(18)20-17/h4-9H,1-3H3. The largest absolute Gasteiger partial charge is 0.497 e. The molecule has 4 heteroatoms. The Morgan fingerprint density at radius 1 is 1.00 bits per heavy atom. The summed E-state index contributed by atoms with van der Waals surface area (Å²) in [7, 11) is 1.63. The molecule has 3 rings (SSSR count). The number of hydrogen-bond donors (Lipinski definition) is 0. The molecule has 1 heterocycles. The molecule has 3 nitrogen and oxygen atoms in total. The van der Waals surface area contributed by atoms with Crippen molar-refractivity contribution >= 4 is 22.5 Å². The van der Waals surface area contributed by atoms with E-state index in [-0.39, 0.29) is 0 Å². The maximum atomic E-state index is 6.34. The fourth-order valence-electron chi connectivity index (χ4n) is 2.29. The minimum Gasteiger partial charge on any atom is -0.497 e. The van der Waals surface area contributed by atoms with Crippen LogP contribution in [0.2, 0.25) is 5.15 Å². The van der Waals surface area contributed by atoms with Crippen LogP contribution in [0.4, 0.5) is 0 Å². The number of aryl methyl sites for hydroxylation is 2. The maximum Gasteiger partial charge on any atom is 0.161 e. The Bertz CT molecular complexity index is 813. The van der Waals surface area contributed by atoms with Crippen molar-refractivity contribution in [2.75, 3.05) is 7.11 Å². The number of benzene rings is 2. The number of hydrogen-bond acceptors (Lipinski definition) is 3. The van der Waals surface area contributed by atoms with E-state index in [4.69, 9.17) is 16.3 Å². The fourth-order valence-corrected chi connectivity index (χ4v) is 2.51. The first-order valence-corrected chi connectivity index (χ1v) is 7.05. The van der Waals surface area contributed by atoms with E-state index in [1.54, 1.807) is 7.11 Å². The summed E-state index contributed by atoms with van der Waals surface area (Å²) in [4.78, 5) is 9.08. The Morgan fingerprint density at radius 3 is 2.38 bits per heavy atom. The van der Waals surface area contributed by atoms with Crippen molar-refractivity contribution in [2.45, 2.75) is 13.8 Å². The summed E-state index contributed by atoms with van der Waals surface area (Å²) in [6.45, 7) is 4.04. The predicted molar refractivity (Wildman–Crippen MR) is 86.0 cm³/mol. The van der Waals surface area contributed by atoms with E-state index in [9.17, 15) is 0 Å². The molecule has 3 aromatic rings. The molecule has 0 aliphatic carbocycles. The lowest BCUT2D eigenvalue weighted by atomic mass is 10.1. The van der Waals surface area contributed by atoms with Crippen LogP contribution < -0.4 is 4.74 Å². The fraction of sp³-hybridized carbons (Fsp3) is 0.176. The molecule has 0 aliphatic heterocycles. The molecule has 2 aromatic carbocycles. The molecule has 0 radical (unpaired) electrons. The molecule has 0 bridgehead atoms. The summed E-state index contributed by atoms with van der Waals surface area (Å²) in [5, 5.41) is 1.25. The molecule has 0 spiro atoms. The molecular formula is C17H15ClN2O. The summed E-state index contributed by atoms with van der Waals surface area (Å²) in [5.41, 5.74) is 4.03. The van der Waals surface area contributed by atoms with Gasteiger partial charge in [-0.05, 0) is 31.5 Å². The van der Waals surface area contributed by atoms with Crippen LogP contribution in [0.3, 0.4) is 0 Å². The summed E-state index contributed by atoms with van der Waals surface area (Å²) in [5.74, 6) is 1.40. The van der Waals surface area contributed by atoms with Crippen molar-refractivity contribution < 1.29 is 4.74 Å². The minimum absolute atomic E-state index is 0.442. The molecule has 0 N–H and O–H groups in total. The molecule has 0 aliphatic rings. The van der Waals surface area contributed by atoms with Gasteiger partial charge in [-0.15, -0.1) is 0 Å². The van der Waals surface area contributed by atoms with Crippen LogP contribution in [0.15, 0.2) is 36.4 Å². The molecule has 1 aromatic heterocycles. The van der Waals surface area contributed by atoms with Crippen molar-refractivity contribution in [3.63, 3.8) is 0 Å². The molecule has 0 amide bonds. The Kier molecular flexibility index (Phi) is 3.52. The van der Waals surface area contributed by atoms with Crippen molar-refractivity contribution in [2.24, 2.45) is 0 Å². The zero-order valence-corrected chi connectivity index (χ0v) is 12.9. The van der Waals surface area contributed by atoms with Crippen molar-refractivity contribution in [3.8, 4) is 17.1 Å². The van der Waals surface area contributed by atoms with Crippen LogP contribution in [-0.4, -0.2) is 17.1 Å². The van der Waals surface area contributed by atoms with E-state index in [0.717, 1.165) is 27.8 Å². The van der Waals surface area contributed by atoms with Gasteiger partial charge >= 0.3 is 0 Å². The van der Waals surface area contributed by atoms with Gasteiger partial charge in [0.2, 0.25) is 0 Å². The summed E-state index contributed by atoms with van der Waals surface area (Å²) >= 11 is 6.34. The average molecular weight is 299 g/mol. The lowest BCUT2D eigenvalue weighted by Gasteiger charge is -2.09. The van der Waals surface area contributed by atoms with Gasteiger partial charge in [-0.2, -0.15) is 0 Å². The van der Waals surface area contributed by atoms with Gasteiger partial charge in [0.05, 0.1) is 12.6 Å². The quantitative estimate of drug-likeness (QED) is 0.650. The number of ether oxygens (including phenoxy) is 1. The van der Waals surface area contributed by atoms with Gasteiger partial charge in [0, 0.05) is 10.9 Å². The molecule has 106 valence electrons. The van der Waals surface area contributed by atoms with Gasteiger partial charge in [-0.3, -0.25) is 0 Å². The van der Waals surface area contributed by atoms with Gasteiger partial charge in [0.25, 0.3) is 0 Å². The van der Waals surface area contributed by atoms with E-state index in [1.165, 1.54) is 5.56 Å². The predicted octanol–water partition coefficient (Wildman–Crippen LogP) is 4.58. The van der Waals surface area contributed by atoms with E-state index >= 15 is 0 Å². The number of aromatic nitrogens is 2. The molecule has 0 saturated carbocycles. The van der Waals surface area contributed by atoms with Gasteiger partial charge in [-0.25, -0.2) is 9.97 Å². The topological polar surface area (TPSA) is 35.0 Å². The van der Waals surface area contributed by atoms with Crippen molar-refractivity contribution in [1.29, 1.82) is 0 Å². The molecule has 0 unspecified atom stereocenters. The zero-order chi connectivity index (χ0) is 15.0. The van der Waals surface area contributed by atoms with Gasteiger partial charge in [-0.1, -0.05) is 41.4 Å². The Labute approximate surface area is 128 Å². The van der Waals surface area contributed by atoms with E-state index in [0.29, 0.717) is 11.0 Å². The highest BCUT2D eigenvalue weighted by Crippen LogP contribution is 2.30. The second kappa shape index (κ2) is 5.34. The summed E-state index contributed by atoms with van der Waals surface area (Å²) < 4.78 is 5.27. The van der Waals surface area contributed by atoms with E-state index in [2.05, 4.69) is 16.9 Å². The van der Waals surface area contributed by atoms with Crippen LogP contribution in [0.5, 0.6) is 5.75 Å². The average Bonchev–Trinajstić information content (AvgIpc) is 2.48. The highest BCUT2D eigenvalue weighted by atomic mass is 35.5. The van der Waals surface area contributed by atoms with Crippen LogP contribution in [0, 0.1) is 13.8 Å². The molecule has 0 saturated heterocycles. The first-order valence-electron chi connectivity index (χ1n) is 6.67. The first kappa shape index (κ1) is 13.8. The van der Waals surface area contributed by atoms with Gasteiger partial charge < -0.3 is 4.74 Å². The zero-order valence-electron chi connectivity index (χ0n) is 12.1. The van der Waals surface area contributed by atoms with Gasteiger partial charge in [0.15, 0.2) is 5.82 Å². The smallest absolute Gasteiger partial charge is 0.161 e. The summed E-state index contributed by atoms with van der Waals surface area (Å²) in [6, 6.07) is 11.9. The van der Waals surface area contributed by atoms with Crippen LogP contribution >= 0.6 is 11.6 Å². The molecule has 0 fully saturated rings. The maximum absolute atomic E-state index is 6.34. The Hall–Kier alpha value is -2.13. The molecule has 0 atom stereocenters. The van der Waals surface area contributed by atoms with E-state index in [1.807, 2.05) is 43.3 Å². The Balaban J connectivity index is 2.23. The lowest BCUT2D eigenvalue weighted by molar-refractivity contribution is 0.415. The van der Waals surface area contributed by atoms with Crippen molar-refractivity contribution in [3.05, 3.63) is 52.7 Å². The highest BCUT2D eigenvalue weighted by molar-refractivity contribution is 6.34. The molecule has 21 heavy (non-hydrogen) atoms. The van der Waals surface area contributed by atoms with E-state index < -0.39 is 0 Å². The van der Waals surface area contributed by atoms with Gasteiger partial charge in [0.1, 0.15) is 10.9 Å². The highest BCUT2D eigenvalue weighted by Gasteiger charge is 2.11. The third-order valence-corrected chi connectivity index (χ3v) is 3.75. The minimum atomic E-state index is 0.442.